The molecule has 0 aliphatic heterocycles. The van der Waals surface area contributed by atoms with Gasteiger partial charge in [-0.05, 0) is 12.1 Å². The van der Waals surface area contributed by atoms with E-state index in [0.717, 1.165) is 5.69 Å². The quantitative estimate of drug-likeness (QED) is 0.854. The largest absolute Gasteiger partial charge is 0.492 e. The van der Waals surface area contributed by atoms with Crippen LogP contribution in [0.3, 0.4) is 0 Å². The molecule has 1 N–H and O–H groups in total. The van der Waals surface area contributed by atoms with Crippen molar-refractivity contribution in [3.05, 3.63) is 40.9 Å². The van der Waals surface area contributed by atoms with Crippen molar-refractivity contribution in [3.8, 4) is 5.75 Å². The summed E-state index contributed by atoms with van der Waals surface area (Å²) in [6, 6.07) is 4.77. The second-order valence-electron chi connectivity index (χ2n) is 4.93. The number of nitrogens with zero attached hydrogens (tertiary/aromatic N) is 3. The minimum Gasteiger partial charge on any atom is -0.492 e. The van der Waals surface area contributed by atoms with E-state index in [1.165, 1.54) is 12.1 Å². The van der Waals surface area contributed by atoms with Gasteiger partial charge in [-0.25, -0.2) is 9.07 Å². The minimum absolute atomic E-state index is 0.0842. The van der Waals surface area contributed by atoms with Gasteiger partial charge in [0.2, 0.25) is 0 Å². The molecule has 1 aromatic carbocycles. The van der Waals surface area contributed by atoms with Crippen molar-refractivity contribution in [2.75, 3.05) is 6.61 Å². The van der Waals surface area contributed by atoms with E-state index in [9.17, 15) is 4.39 Å². The average Bonchev–Trinajstić information content (AvgIpc) is 2.88. The summed E-state index contributed by atoms with van der Waals surface area (Å²) < 4.78 is 20.4. The van der Waals surface area contributed by atoms with Crippen molar-refractivity contribution in [2.45, 2.75) is 33.0 Å². The Morgan fingerprint density at radius 1 is 1.43 bits per heavy atom. The van der Waals surface area contributed by atoms with Crippen molar-refractivity contribution < 1.29 is 9.13 Å². The summed E-state index contributed by atoms with van der Waals surface area (Å²) in [5.41, 5.74) is 0.876. The Bertz CT molecular complexity index is 588. The molecule has 0 radical (unpaired) electrons. The Labute approximate surface area is 128 Å². The second kappa shape index (κ2) is 7.38. The van der Waals surface area contributed by atoms with Gasteiger partial charge in [0.25, 0.3) is 0 Å². The molecule has 5 nitrogen and oxygen atoms in total. The maximum atomic E-state index is 13.2. The number of hydrogen-bond donors (Lipinski definition) is 1. The topological polar surface area (TPSA) is 52.0 Å². The fourth-order valence-electron chi connectivity index (χ4n) is 1.66. The number of aromatic nitrogens is 3. The van der Waals surface area contributed by atoms with Crippen molar-refractivity contribution >= 4 is 11.6 Å². The zero-order valence-corrected chi connectivity index (χ0v) is 12.8. The van der Waals surface area contributed by atoms with E-state index >= 15 is 0 Å². The van der Waals surface area contributed by atoms with Crippen LogP contribution in [0.5, 0.6) is 5.75 Å². The van der Waals surface area contributed by atoms with E-state index in [0.29, 0.717) is 31.5 Å². The number of ether oxygens (including phenoxy) is 1. The van der Waals surface area contributed by atoms with Gasteiger partial charge in [0.1, 0.15) is 18.2 Å². The third-order valence-corrected chi connectivity index (χ3v) is 3.06. The molecule has 21 heavy (non-hydrogen) atoms. The molecule has 1 aromatic heterocycles. The van der Waals surface area contributed by atoms with Crippen LogP contribution in [0.4, 0.5) is 4.39 Å². The molecule has 114 valence electrons. The van der Waals surface area contributed by atoms with Crippen LogP contribution < -0.4 is 10.1 Å². The highest BCUT2D eigenvalue weighted by Crippen LogP contribution is 2.20. The molecule has 0 bridgehead atoms. The van der Waals surface area contributed by atoms with Crippen molar-refractivity contribution in [1.29, 1.82) is 0 Å². The lowest BCUT2D eigenvalue weighted by molar-refractivity contribution is 0.288. The third-order valence-electron chi connectivity index (χ3n) is 2.76. The molecule has 2 rings (SSSR count). The molecule has 2 aromatic rings. The van der Waals surface area contributed by atoms with Crippen molar-refractivity contribution in [2.24, 2.45) is 0 Å². The van der Waals surface area contributed by atoms with E-state index in [2.05, 4.69) is 29.5 Å². The first-order chi connectivity index (χ1) is 10.0. The van der Waals surface area contributed by atoms with E-state index in [-0.39, 0.29) is 5.02 Å². The zero-order chi connectivity index (χ0) is 15.2. The lowest BCUT2D eigenvalue weighted by Gasteiger charge is -2.06. The summed E-state index contributed by atoms with van der Waals surface area (Å²) in [7, 11) is 0. The number of nitrogens with one attached hydrogen (secondary N) is 1. The monoisotopic (exact) mass is 312 g/mol. The molecule has 0 saturated heterocycles. The van der Waals surface area contributed by atoms with Crippen LogP contribution in [0.2, 0.25) is 5.02 Å². The summed E-state index contributed by atoms with van der Waals surface area (Å²) in [5.74, 6) is -0.0457. The molecule has 0 aliphatic carbocycles. The highest BCUT2D eigenvalue weighted by atomic mass is 35.5. The van der Waals surface area contributed by atoms with E-state index in [4.69, 9.17) is 16.3 Å². The molecule has 0 amide bonds. The van der Waals surface area contributed by atoms with Crippen LogP contribution in [0.15, 0.2) is 24.4 Å². The second-order valence-corrected chi connectivity index (χ2v) is 5.34. The first-order valence-electron chi connectivity index (χ1n) is 6.75. The van der Waals surface area contributed by atoms with E-state index in [1.54, 1.807) is 10.7 Å². The molecular formula is C14H18ClFN4O. The standard InChI is InChI=1S/C14H18ClFN4O/c1-10(2)17-8-11-9-20(19-18-11)5-6-21-12-3-4-13(15)14(16)7-12/h3-4,7,9-10,17H,5-6,8H2,1-2H3. The molecule has 0 aliphatic rings. The molecule has 0 spiro atoms. The van der Waals surface area contributed by atoms with Gasteiger partial charge in [0.05, 0.1) is 17.3 Å². The van der Waals surface area contributed by atoms with Crippen molar-refractivity contribution in [1.82, 2.24) is 20.3 Å². The van der Waals surface area contributed by atoms with Crippen LogP contribution >= 0.6 is 11.6 Å². The smallest absolute Gasteiger partial charge is 0.145 e. The normalized spacial score (nSPS) is 11.1. The molecule has 0 fully saturated rings. The summed E-state index contributed by atoms with van der Waals surface area (Å²) in [5, 5.41) is 11.4. The Morgan fingerprint density at radius 2 is 2.24 bits per heavy atom. The minimum atomic E-state index is -0.489. The summed E-state index contributed by atoms with van der Waals surface area (Å²) in [6.07, 6.45) is 1.86. The summed E-state index contributed by atoms with van der Waals surface area (Å²) in [4.78, 5) is 0. The van der Waals surface area contributed by atoms with Gasteiger partial charge in [-0.3, -0.25) is 0 Å². The average molecular weight is 313 g/mol. The Hall–Kier alpha value is -1.66. The molecular weight excluding hydrogens is 295 g/mol. The van der Waals surface area contributed by atoms with Crippen LogP contribution in [0.1, 0.15) is 19.5 Å². The summed E-state index contributed by atoms with van der Waals surface area (Å²) in [6.45, 7) is 5.74. The Balaban J connectivity index is 1.79. The third kappa shape index (κ3) is 4.99. The van der Waals surface area contributed by atoms with Crippen LogP contribution in [-0.4, -0.2) is 27.6 Å². The molecule has 0 atom stereocenters. The molecule has 0 unspecified atom stereocenters. The number of halogens is 2. The predicted molar refractivity (Wildman–Crippen MR) is 78.9 cm³/mol. The zero-order valence-electron chi connectivity index (χ0n) is 12.0. The van der Waals surface area contributed by atoms with Crippen molar-refractivity contribution in [3.63, 3.8) is 0 Å². The van der Waals surface area contributed by atoms with Gasteiger partial charge in [0, 0.05) is 24.8 Å². The van der Waals surface area contributed by atoms with Crippen LogP contribution in [0, 0.1) is 5.82 Å². The number of benzene rings is 1. The Morgan fingerprint density at radius 3 is 2.95 bits per heavy atom. The fraction of sp³-hybridized carbons (Fsp3) is 0.429. The van der Waals surface area contributed by atoms with Gasteiger partial charge in [-0.1, -0.05) is 30.7 Å². The van der Waals surface area contributed by atoms with Crippen LogP contribution in [0.25, 0.3) is 0 Å². The number of rotatable bonds is 7. The predicted octanol–water partition coefficient (Wildman–Crippen LogP) is 2.65. The molecule has 1 heterocycles. The van der Waals surface area contributed by atoms with Gasteiger partial charge in [-0.2, -0.15) is 0 Å². The maximum Gasteiger partial charge on any atom is 0.145 e. The lowest BCUT2D eigenvalue weighted by atomic mass is 10.3. The maximum absolute atomic E-state index is 13.2. The Kier molecular flexibility index (Phi) is 5.52. The van der Waals surface area contributed by atoms with E-state index < -0.39 is 5.82 Å². The highest BCUT2D eigenvalue weighted by molar-refractivity contribution is 6.30. The first kappa shape index (κ1) is 15.7. The van der Waals surface area contributed by atoms with Gasteiger partial charge < -0.3 is 10.1 Å². The van der Waals surface area contributed by atoms with E-state index in [1.807, 2.05) is 6.20 Å². The van der Waals surface area contributed by atoms with Gasteiger partial charge >= 0.3 is 0 Å². The lowest BCUT2D eigenvalue weighted by Crippen LogP contribution is -2.21. The summed E-state index contributed by atoms with van der Waals surface area (Å²) >= 11 is 5.61. The first-order valence-corrected chi connectivity index (χ1v) is 7.12. The highest BCUT2D eigenvalue weighted by Gasteiger charge is 2.04. The van der Waals surface area contributed by atoms with Gasteiger partial charge in [0.15, 0.2) is 0 Å². The molecule has 7 heteroatoms. The van der Waals surface area contributed by atoms with Crippen LogP contribution in [-0.2, 0) is 13.1 Å². The number of hydrogen-bond acceptors (Lipinski definition) is 4. The van der Waals surface area contributed by atoms with Gasteiger partial charge in [-0.15, -0.1) is 5.10 Å². The SMILES string of the molecule is CC(C)NCc1cn(CCOc2ccc(Cl)c(F)c2)nn1. The fourth-order valence-corrected chi connectivity index (χ4v) is 1.78. The molecule has 0 saturated carbocycles.